The Morgan fingerprint density at radius 1 is 1.18 bits per heavy atom. The number of piperazine rings is 1. The van der Waals surface area contributed by atoms with Gasteiger partial charge in [-0.3, -0.25) is 4.90 Å². The summed E-state index contributed by atoms with van der Waals surface area (Å²) in [7, 11) is 0. The number of fused-ring (bicyclic) bond motifs is 2. The summed E-state index contributed by atoms with van der Waals surface area (Å²) < 4.78 is 5.51. The lowest BCUT2D eigenvalue weighted by atomic mass is 9.93. The van der Waals surface area contributed by atoms with Gasteiger partial charge in [0.05, 0.1) is 12.3 Å². The summed E-state index contributed by atoms with van der Waals surface area (Å²) in [5.74, 6) is 1.05. The maximum absolute atomic E-state index is 12.6. The van der Waals surface area contributed by atoms with Crippen LogP contribution in [0.5, 0.6) is 0 Å². The van der Waals surface area contributed by atoms with Crippen LogP contribution in [0.25, 0.3) is 0 Å². The molecule has 2 fully saturated rings. The number of nitrogens with zero attached hydrogens (tertiary/aromatic N) is 2. The highest BCUT2D eigenvalue weighted by atomic mass is 16.3. The number of hydrogen-bond acceptors (Lipinski definition) is 3. The van der Waals surface area contributed by atoms with Crippen molar-refractivity contribution in [3.8, 4) is 0 Å². The lowest BCUT2D eigenvalue weighted by Crippen LogP contribution is -2.58. The van der Waals surface area contributed by atoms with Gasteiger partial charge in [0, 0.05) is 37.7 Å². The Hall–Kier alpha value is -1.49. The van der Waals surface area contributed by atoms with E-state index in [1.165, 1.54) is 31.4 Å². The average molecular weight is 303 g/mol. The molecule has 3 heterocycles. The number of rotatable bonds is 1. The van der Waals surface area contributed by atoms with Crippen molar-refractivity contribution in [2.45, 2.75) is 50.6 Å². The molecule has 4 rings (SSSR count). The summed E-state index contributed by atoms with van der Waals surface area (Å²) in [4.78, 5) is 17.2. The summed E-state index contributed by atoms with van der Waals surface area (Å²) in [6.45, 7) is 3.98. The number of hydrogen-bond donors (Lipinski definition) is 1. The Labute approximate surface area is 131 Å². The molecule has 22 heavy (non-hydrogen) atoms. The van der Waals surface area contributed by atoms with E-state index >= 15 is 0 Å². The number of carbonyl (C=O) groups excluding carboxylic acids is 1. The van der Waals surface area contributed by atoms with E-state index in [0.29, 0.717) is 6.04 Å². The van der Waals surface area contributed by atoms with E-state index in [9.17, 15) is 4.79 Å². The number of piperidine rings is 1. The van der Waals surface area contributed by atoms with Gasteiger partial charge in [0.25, 0.3) is 0 Å². The van der Waals surface area contributed by atoms with E-state index in [1.807, 2.05) is 11.0 Å². The highest BCUT2D eigenvalue weighted by Gasteiger charge is 2.32. The maximum Gasteiger partial charge on any atom is 0.317 e. The molecule has 2 aliphatic heterocycles. The summed E-state index contributed by atoms with van der Waals surface area (Å²) in [6, 6.07) is 2.81. The molecule has 1 N–H and O–H groups in total. The number of carbonyl (C=O) groups is 1. The van der Waals surface area contributed by atoms with E-state index in [4.69, 9.17) is 4.42 Å². The van der Waals surface area contributed by atoms with Crippen molar-refractivity contribution >= 4 is 6.03 Å². The lowest BCUT2D eigenvalue weighted by Gasteiger charge is -2.44. The van der Waals surface area contributed by atoms with Gasteiger partial charge in [0.2, 0.25) is 0 Å². The van der Waals surface area contributed by atoms with Gasteiger partial charge in [-0.2, -0.15) is 0 Å². The fourth-order valence-corrected chi connectivity index (χ4v) is 4.22. The van der Waals surface area contributed by atoms with E-state index in [2.05, 4.69) is 10.2 Å². The molecule has 1 aromatic heterocycles. The van der Waals surface area contributed by atoms with E-state index in [0.717, 1.165) is 44.7 Å². The molecular formula is C17H25N3O2. The molecule has 2 amide bonds. The molecule has 0 spiro atoms. The minimum Gasteiger partial charge on any atom is -0.469 e. The minimum absolute atomic E-state index is 0.101. The number of aryl methyl sites for hydroxylation is 1. The van der Waals surface area contributed by atoms with Crippen molar-refractivity contribution in [2.24, 2.45) is 0 Å². The molecular weight excluding hydrogens is 278 g/mol. The van der Waals surface area contributed by atoms with Crippen LogP contribution in [0, 0.1) is 0 Å². The first kappa shape index (κ1) is 14.1. The Balaban J connectivity index is 1.39. The molecule has 2 atom stereocenters. The summed E-state index contributed by atoms with van der Waals surface area (Å²) in [6.07, 6.45) is 8.69. The highest BCUT2D eigenvalue weighted by molar-refractivity contribution is 5.75. The average Bonchev–Trinajstić information content (AvgIpc) is 3.04. The van der Waals surface area contributed by atoms with Crippen molar-refractivity contribution < 1.29 is 9.21 Å². The molecule has 0 radical (unpaired) electrons. The molecule has 2 saturated heterocycles. The van der Waals surface area contributed by atoms with Crippen LogP contribution >= 0.6 is 0 Å². The van der Waals surface area contributed by atoms with Gasteiger partial charge >= 0.3 is 6.03 Å². The van der Waals surface area contributed by atoms with Crippen LogP contribution in [0.1, 0.15) is 49.5 Å². The van der Waals surface area contributed by atoms with Gasteiger partial charge in [-0.25, -0.2) is 4.79 Å². The second-order valence-corrected chi connectivity index (χ2v) is 6.83. The standard InChI is InChI=1S/C17H25N3O2/c21-17(18-15-5-3-6-16-14(15)7-11-22-16)20-10-9-19-8-2-1-4-13(19)12-20/h7,11,13,15H,1-6,8-10,12H2,(H,18,21). The Bertz CT molecular complexity index is 542. The molecule has 5 heteroatoms. The zero-order valence-electron chi connectivity index (χ0n) is 13.1. The van der Waals surface area contributed by atoms with Crippen molar-refractivity contribution in [2.75, 3.05) is 26.2 Å². The highest BCUT2D eigenvalue weighted by Crippen LogP contribution is 2.30. The largest absolute Gasteiger partial charge is 0.469 e. The number of furan rings is 1. The van der Waals surface area contributed by atoms with Crippen molar-refractivity contribution in [1.82, 2.24) is 15.1 Å². The first-order valence-electron chi connectivity index (χ1n) is 8.67. The second-order valence-electron chi connectivity index (χ2n) is 6.83. The molecule has 0 aromatic carbocycles. The van der Waals surface area contributed by atoms with Crippen LogP contribution in [-0.4, -0.2) is 48.1 Å². The summed E-state index contributed by atoms with van der Waals surface area (Å²) in [5, 5.41) is 3.23. The van der Waals surface area contributed by atoms with Crippen LogP contribution in [0.3, 0.4) is 0 Å². The third-order valence-electron chi connectivity index (χ3n) is 5.47. The molecule has 1 aromatic rings. The molecule has 120 valence electrons. The predicted octanol–water partition coefficient (Wildman–Crippen LogP) is 2.54. The van der Waals surface area contributed by atoms with Crippen LogP contribution in [0.2, 0.25) is 0 Å². The van der Waals surface area contributed by atoms with Gasteiger partial charge in [-0.1, -0.05) is 6.42 Å². The Morgan fingerprint density at radius 3 is 3.09 bits per heavy atom. The molecule has 5 nitrogen and oxygen atoms in total. The minimum atomic E-state index is 0.101. The molecule has 0 saturated carbocycles. The molecule has 1 aliphatic carbocycles. The van der Waals surface area contributed by atoms with Crippen molar-refractivity contribution in [1.29, 1.82) is 0 Å². The lowest BCUT2D eigenvalue weighted by molar-refractivity contribution is 0.0633. The summed E-state index contributed by atoms with van der Waals surface area (Å²) in [5.41, 5.74) is 1.18. The zero-order valence-corrected chi connectivity index (χ0v) is 13.1. The van der Waals surface area contributed by atoms with E-state index < -0.39 is 0 Å². The Kier molecular flexibility index (Phi) is 3.82. The van der Waals surface area contributed by atoms with Crippen molar-refractivity contribution in [3.05, 3.63) is 23.7 Å². The maximum atomic E-state index is 12.6. The first-order chi connectivity index (χ1) is 10.8. The molecule has 2 unspecified atom stereocenters. The van der Waals surface area contributed by atoms with Crippen LogP contribution in [0.4, 0.5) is 4.79 Å². The van der Waals surface area contributed by atoms with Crippen LogP contribution < -0.4 is 5.32 Å². The topological polar surface area (TPSA) is 48.7 Å². The first-order valence-corrected chi connectivity index (χ1v) is 8.67. The van der Waals surface area contributed by atoms with E-state index in [-0.39, 0.29) is 12.1 Å². The van der Waals surface area contributed by atoms with Gasteiger partial charge in [0.15, 0.2) is 0 Å². The van der Waals surface area contributed by atoms with Crippen molar-refractivity contribution in [3.63, 3.8) is 0 Å². The smallest absolute Gasteiger partial charge is 0.317 e. The van der Waals surface area contributed by atoms with Gasteiger partial charge in [0.1, 0.15) is 5.76 Å². The third kappa shape index (κ3) is 2.62. The van der Waals surface area contributed by atoms with Gasteiger partial charge < -0.3 is 14.6 Å². The SMILES string of the molecule is O=C(NC1CCCc2occc21)N1CCN2CCCCC2C1. The normalized spacial score (nSPS) is 28.8. The number of nitrogens with one attached hydrogen (secondary N) is 1. The quantitative estimate of drug-likeness (QED) is 0.867. The fraction of sp³-hybridized carbons (Fsp3) is 0.706. The number of amides is 2. The predicted molar refractivity (Wildman–Crippen MR) is 83.7 cm³/mol. The van der Waals surface area contributed by atoms with Crippen LogP contribution in [0.15, 0.2) is 16.7 Å². The molecule has 0 bridgehead atoms. The summed E-state index contributed by atoms with van der Waals surface area (Å²) >= 11 is 0. The monoisotopic (exact) mass is 303 g/mol. The fourth-order valence-electron chi connectivity index (χ4n) is 4.22. The van der Waals surface area contributed by atoms with E-state index in [1.54, 1.807) is 6.26 Å². The molecule has 3 aliphatic rings. The van der Waals surface area contributed by atoms with Gasteiger partial charge in [-0.05, 0) is 38.3 Å². The van der Waals surface area contributed by atoms with Gasteiger partial charge in [-0.15, -0.1) is 0 Å². The third-order valence-corrected chi connectivity index (χ3v) is 5.47. The second kappa shape index (κ2) is 5.95. The Morgan fingerprint density at radius 2 is 2.14 bits per heavy atom. The number of urea groups is 1. The zero-order chi connectivity index (χ0) is 14.9. The van der Waals surface area contributed by atoms with Crippen LogP contribution in [-0.2, 0) is 6.42 Å².